The van der Waals surface area contributed by atoms with Gasteiger partial charge in [0.2, 0.25) is 0 Å². The third-order valence-corrected chi connectivity index (χ3v) is 3.40. The quantitative estimate of drug-likeness (QED) is 0.782. The van der Waals surface area contributed by atoms with Crippen LogP contribution in [0.5, 0.6) is 5.75 Å². The first-order valence-electron chi connectivity index (χ1n) is 6.96. The normalized spacial score (nSPS) is 16.7. The molecule has 106 valence electrons. The molecule has 0 amide bonds. The van der Waals surface area contributed by atoms with Crippen LogP contribution >= 0.6 is 0 Å². The van der Waals surface area contributed by atoms with Crippen molar-refractivity contribution >= 4 is 0 Å². The molecule has 4 N–H and O–H groups in total. The van der Waals surface area contributed by atoms with Gasteiger partial charge in [-0.15, -0.1) is 0 Å². The van der Waals surface area contributed by atoms with E-state index in [0.717, 1.165) is 30.4 Å². The van der Waals surface area contributed by atoms with Crippen molar-refractivity contribution in [2.24, 2.45) is 17.4 Å². The summed E-state index contributed by atoms with van der Waals surface area (Å²) in [5, 5.41) is 0. The molecular weight excluding hydrogens is 238 g/mol. The number of hydrogen-bond donors (Lipinski definition) is 2. The summed E-state index contributed by atoms with van der Waals surface area (Å²) in [5.74, 6) is 1.63. The molecule has 2 rings (SSSR count). The van der Waals surface area contributed by atoms with Crippen LogP contribution in [0, 0.1) is 5.92 Å². The minimum Gasteiger partial charge on any atom is -0.493 e. The Morgan fingerprint density at radius 2 is 2.11 bits per heavy atom. The number of rotatable bonds is 7. The van der Waals surface area contributed by atoms with Gasteiger partial charge in [-0.2, -0.15) is 0 Å². The molecule has 1 saturated carbocycles. The highest BCUT2D eigenvalue weighted by Crippen LogP contribution is 2.31. The summed E-state index contributed by atoms with van der Waals surface area (Å²) >= 11 is 0. The molecule has 4 heteroatoms. The topological polar surface area (TPSA) is 64.5 Å². The van der Waals surface area contributed by atoms with E-state index in [0.29, 0.717) is 6.54 Å². The lowest BCUT2D eigenvalue weighted by molar-refractivity contribution is 0.295. The molecule has 1 fully saturated rings. The second-order valence-electron chi connectivity index (χ2n) is 5.71. The average Bonchev–Trinajstić information content (AvgIpc) is 3.19. The zero-order valence-electron chi connectivity index (χ0n) is 11.9. The van der Waals surface area contributed by atoms with Gasteiger partial charge in [0.05, 0.1) is 6.61 Å². The lowest BCUT2D eigenvalue weighted by Gasteiger charge is -2.18. The van der Waals surface area contributed by atoms with Crippen molar-refractivity contribution in [1.82, 2.24) is 4.90 Å². The number of benzene rings is 1. The Morgan fingerprint density at radius 1 is 1.37 bits per heavy atom. The van der Waals surface area contributed by atoms with Gasteiger partial charge >= 0.3 is 0 Å². The summed E-state index contributed by atoms with van der Waals surface area (Å²) < 4.78 is 5.89. The van der Waals surface area contributed by atoms with Crippen LogP contribution in [0.2, 0.25) is 0 Å². The smallest absolute Gasteiger partial charge is 0.124 e. The molecule has 0 aromatic heterocycles. The molecule has 4 nitrogen and oxygen atoms in total. The van der Waals surface area contributed by atoms with E-state index in [4.69, 9.17) is 16.2 Å². The Kier molecular flexibility index (Phi) is 4.80. The fourth-order valence-corrected chi connectivity index (χ4v) is 2.10. The van der Waals surface area contributed by atoms with E-state index in [-0.39, 0.29) is 6.04 Å². The minimum atomic E-state index is -0.156. The molecule has 1 aliphatic carbocycles. The maximum absolute atomic E-state index is 6.10. The molecule has 0 bridgehead atoms. The second-order valence-corrected chi connectivity index (χ2v) is 5.71. The number of nitrogens with zero attached hydrogens (tertiary/aromatic N) is 1. The number of nitrogens with two attached hydrogens (primary N) is 2. The van der Waals surface area contributed by atoms with Crippen molar-refractivity contribution in [3.8, 4) is 5.75 Å². The number of ether oxygens (including phenoxy) is 1. The fourth-order valence-electron chi connectivity index (χ4n) is 2.10. The van der Waals surface area contributed by atoms with Gasteiger partial charge in [0.1, 0.15) is 5.75 Å². The lowest BCUT2D eigenvalue weighted by atomic mass is 10.0. The van der Waals surface area contributed by atoms with E-state index in [1.54, 1.807) is 0 Å². The van der Waals surface area contributed by atoms with Gasteiger partial charge < -0.3 is 21.1 Å². The third kappa shape index (κ3) is 4.20. The molecule has 0 saturated heterocycles. The van der Waals surface area contributed by atoms with E-state index in [9.17, 15) is 0 Å². The predicted molar refractivity (Wildman–Crippen MR) is 78.0 cm³/mol. The summed E-state index contributed by atoms with van der Waals surface area (Å²) in [4.78, 5) is 2.14. The zero-order chi connectivity index (χ0) is 13.8. The summed E-state index contributed by atoms with van der Waals surface area (Å²) in [7, 11) is 4.11. The van der Waals surface area contributed by atoms with E-state index in [2.05, 4.69) is 31.1 Å². The minimum absolute atomic E-state index is 0.156. The van der Waals surface area contributed by atoms with Gasteiger partial charge in [-0.05, 0) is 50.6 Å². The van der Waals surface area contributed by atoms with Crippen molar-refractivity contribution in [2.75, 3.05) is 27.2 Å². The van der Waals surface area contributed by atoms with Gasteiger partial charge in [0.25, 0.3) is 0 Å². The molecule has 1 atom stereocenters. The maximum Gasteiger partial charge on any atom is 0.124 e. The Morgan fingerprint density at radius 3 is 2.68 bits per heavy atom. The SMILES string of the molecule is CN(C)Cc1ccc(OCC2CC2)c(C(N)CN)c1. The summed E-state index contributed by atoms with van der Waals surface area (Å²) in [6.45, 7) is 2.13. The highest BCUT2D eigenvalue weighted by Gasteiger charge is 2.23. The van der Waals surface area contributed by atoms with Crippen LogP contribution in [0.15, 0.2) is 18.2 Å². The van der Waals surface area contributed by atoms with Gasteiger partial charge in [0.15, 0.2) is 0 Å². The summed E-state index contributed by atoms with van der Waals surface area (Å²) in [6, 6.07) is 6.11. The molecular formula is C15H25N3O. The predicted octanol–water partition coefficient (Wildman–Crippen LogP) is 1.50. The largest absolute Gasteiger partial charge is 0.493 e. The third-order valence-electron chi connectivity index (χ3n) is 3.40. The lowest BCUT2D eigenvalue weighted by Crippen LogP contribution is -2.22. The van der Waals surface area contributed by atoms with Gasteiger partial charge in [-0.3, -0.25) is 0 Å². The van der Waals surface area contributed by atoms with E-state index in [1.807, 2.05) is 6.07 Å². The van der Waals surface area contributed by atoms with E-state index < -0.39 is 0 Å². The standard InChI is InChI=1S/C15H25N3O/c1-18(2)9-12-5-6-15(19-10-11-3-4-11)13(7-12)14(17)8-16/h5-7,11,14H,3-4,8-10,16-17H2,1-2H3. The van der Waals surface area contributed by atoms with Crippen LogP contribution in [0.4, 0.5) is 0 Å². The molecule has 0 heterocycles. The Bertz CT molecular complexity index is 416. The Hall–Kier alpha value is -1.10. The van der Waals surface area contributed by atoms with Crippen LogP contribution in [0.3, 0.4) is 0 Å². The van der Waals surface area contributed by atoms with E-state index in [1.165, 1.54) is 18.4 Å². The highest BCUT2D eigenvalue weighted by atomic mass is 16.5. The van der Waals surface area contributed by atoms with Crippen molar-refractivity contribution in [3.63, 3.8) is 0 Å². The van der Waals surface area contributed by atoms with Crippen molar-refractivity contribution in [2.45, 2.75) is 25.4 Å². The van der Waals surface area contributed by atoms with Crippen LogP contribution in [0.25, 0.3) is 0 Å². The first-order valence-corrected chi connectivity index (χ1v) is 6.96. The molecule has 1 aromatic carbocycles. The Labute approximate surface area is 115 Å². The van der Waals surface area contributed by atoms with Gasteiger partial charge in [-0.1, -0.05) is 6.07 Å². The van der Waals surface area contributed by atoms with Crippen LogP contribution in [-0.4, -0.2) is 32.1 Å². The summed E-state index contributed by atoms with van der Waals surface area (Å²) in [6.07, 6.45) is 2.58. The monoisotopic (exact) mass is 263 g/mol. The van der Waals surface area contributed by atoms with Crippen molar-refractivity contribution < 1.29 is 4.74 Å². The first-order chi connectivity index (χ1) is 9.10. The molecule has 0 aliphatic heterocycles. The van der Waals surface area contributed by atoms with E-state index >= 15 is 0 Å². The second kappa shape index (κ2) is 6.37. The highest BCUT2D eigenvalue weighted by molar-refractivity contribution is 5.39. The summed E-state index contributed by atoms with van der Waals surface area (Å²) in [5.41, 5.74) is 14.1. The maximum atomic E-state index is 6.10. The van der Waals surface area contributed by atoms with Crippen LogP contribution in [0.1, 0.15) is 30.0 Å². The zero-order valence-corrected chi connectivity index (χ0v) is 11.9. The molecule has 19 heavy (non-hydrogen) atoms. The molecule has 0 spiro atoms. The molecule has 1 unspecified atom stereocenters. The molecule has 1 aliphatic rings. The van der Waals surface area contributed by atoms with Crippen molar-refractivity contribution in [1.29, 1.82) is 0 Å². The average molecular weight is 263 g/mol. The van der Waals surface area contributed by atoms with Crippen LogP contribution < -0.4 is 16.2 Å². The number of hydrogen-bond acceptors (Lipinski definition) is 4. The fraction of sp³-hybridized carbons (Fsp3) is 0.600. The first kappa shape index (κ1) is 14.3. The van der Waals surface area contributed by atoms with Crippen LogP contribution in [-0.2, 0) is 6.54 Å². The van der Waals surface area contributed by atoms with Crippen molar-refractivity contribution in [3.05, 3.63) is 29.3 Å². The molecule has 1 aromatic rings. The van der Waals surface area contributed by atoms with Gasteiger partial charge in [-0.25, -0.2) is 0 Å². The van der Waals surface area contributed by atoms with Gasteiger partial charge in [0, 0.05) is 24.7 Å². The Balaban J connectivity index is 2.14. The molecule has 0 radical (unpaired) electrons.